The number of methoxy groups -OCH3 is 2. The zero-order chi connectivity index (χ0) is 15.4. The predicted octanol–water partition coefficient (Wildman–Crippen LogP) is 4.47. The first kappa shape index (κ1) is 16.3. The number of ether oxygens (including phenoxy) is 2. The number of hydrogen-bond donors (Lipinski definition) is 1. The average Bonchev–Trinajstić information content (AvgIpc) is 2.49. The third kappa shape index (κ3) is 3.59. The normalized spacial score (nSPS) is 12.0. The quantitative estimate of drug-likeness (QED) is 0.784. The Labute approximate surface area is 141 Å². The molecule has 0 spiro atoms. The lowest BCUT2D eigenvalue weighted by molar-refractivity contribution is 0.383. The fraction of sp³-hybridized carbons (Fsp3) is 0.250. The van der Waals surface area contributed by atoms with Crippen molar-refractivity contribution < 1.29 is 9.47 Å². The van der Waals surface area contributed by atoms with E-state index in [2.05, 4.69) is 37.9 Å². The van der Waals surface area contributed by atoms with Crippen molar-refractivity contribution >= 4 is 31.9 Å². The minimum atomic E-state index is -0.166. The standard InChI is InChI=1S/C16H17Br2NO2/c1-20-14-8-7-11(16(21-2)15(14)18)13(19)9-10-5-3-4-6-12(10)17/h3-8,13H,9,19H2,1-2H3. The summed E-state index contributed by atoms with van der Waals surface area (Å²) in [7, 11) is 3.26. The first-order valence-corrected chi connectivity index (χ1v) is 8.06. The van der Waals surface area contributed by atoms with Crippen LogP contribution in [0.3, 0.4) is 0 Å². The van der Waals surface area contributed by atoms with Crippen molar-refractivity contribution in [2.75, 3.05) is 14.2 Å². The monoisotopic (exact) mass is 413 g/mol. The molecule has 0 heterocycles. The number of nitrogens with two attached hydrogens (primary N) is 1. The van der Waals surface area contributed by atoms with Crippen LogP contribution in [-0.4, -0.2) is 14.2 Å². The molecule has 0 fully saturated rings. The molecule has 3 nitrogen and oxygen atoms in total. The lowest BCUT2D eigenvalue weighted by atomic mass is 9.98. The second-order valence-electron chi connectivity index (χ2n) is 4.61. The third-order valence-electron chi connectivity index (χ3n) is 3.31. The molecule has 0 aromatic heterocycles. The second-order valence-corrected chi connectivity index (χ2v) is 6.25. The number of halogens is 2. The molecule has 1 unspecified atom stereocenters. The molecule has 0 amide bonds. The average molecular weight is 415 g/mol. The maximum absolute atomic E-state index is 6.37. The summed E-state index contributed by atoms with van der Waals surface area (Å²) < 4.78 is 12.6. The third-order valence-corrected chi connectivity index (χ3v) is 4.84. The van der Waals surface area contributed by atoms with Crippen LogP contribution in [0.2, 0.25) is 0 Å². The molecule has 2 aromatic carbocycles. The molecule has 1 atom stereocenters. The SMILES string of the molecule is COc1ccc(C(N)Cc2ccccc2Br)c(OC)c1Br. The lowest BCUT2D eigenvalue weighted by Crippen LogP contribution is -2.15. The van der Waals surface area contributed by atoms with Gasteiger partial charge in [0, 0.05) is 16.1 Å². The summed E-state index contributed by atoms with van der Waals surface area (Å²) in [5.74, 6) is 1.44. The van der Waals surface area contributed by atoms with Gasteiger partial charge in [-0.05, 0) is 46.1 Å². The highest BCUT2D eigenvalue weighted by molar-refractivity contribution is 9.11. The molecular weight excluding hydrogens is 398 g/mol. The van der Waals surface area contributed by atoms with Gasteiger partial charge in [-0.3, -0.25) is 0 Å². The molecular formula is C16H17Br2NO2. The zero-order valence-corrected chi connectivity index (χ0v) is 15.1. The van der Waals surface area contributed by atoms with Gasteiger partial charge < -0.3 is 15.2 Å². The Kier molecular flexibility index (Phi) is 5.67. The van der Waals surface area contributed by atoms with Crippen LogP contribution >= 0.6 is 31.9 Å². The van der Waals surface area contributed by atoms with Gasteiger partial charge in [-0.1, -0.05) is 34.1 Å². The molecule has 0 saturated heterocycles. The maximum Gasteiger partial charge on any atom is 0.141 e. The molecule has 0 aliphatic carbocycles. The molecule has 0 bridgehead atoms. The summed E-state index contributed by atoms with van der Waals surface area (Å²) in [6.07, 6.45) is 0.719. The van der Waals surface area contributed by atoms with Gasteiger partial charge in [-0.25, -0.2) is 0 Å². The molecule has 5 heteroatoms. The van der Waals surface area contributed by atoms with Crippen molar-refractivity contribution in [3.63, 3.8) is 0 Å². The van der Waals surface area contributed by atoms with Gasteiger partial charge in [-0.2, -0.15) is 0 Å². The molecule has 2 N–H and O–H groups in total. The van der Waals surface area contributed by atoms with Crippen molar-refractivity contribution in [2.24, 2.45) is 5.73 Å². The van der Waals surface area contributed by atoms with E-state index >= 15 is 0 Å². The highest BCUT2D eigenvalue weighted by atomic mass is 79.9. The van der Waals surface area contributed by atoms with Crippen LogP contribution in [0.4, 0.5) is 0 Å². The summed E-state index contributed by atoms with van der Waals surface area (Å²) in [6.45, 7) is 0. The smallest absolute Gasteiger partial charge is 0.141 e. The molecule has 21 heavy (non-hydrogen) atoms. The second kappa shape index (κ2) is 7.29. The van der Waals surface area contributed by atoms with Gasteiger partial charge in [0.2, 0.25) is 0 Å². The number of rotatable bonds is 5. The fourth-order valence-electron chi connectivity index (χ4n) is 2.22. The lowest BCUT2D eigenvalue weighted by Gasteiger charge is -2.19. The van der Waals surface area contributed by atoms with E-state index in [1.807, 2.05) is 30.3 Å². The number of benzene rings is 2. The van der Waals surface area contributed by atoms with Crippen molar-refractivity contribution in [2.45, 2.75) is 12.5 Å². The van der Waals surface area contributed by atoms with Crippen LogP contribution in [0.25, 0.3) is 0 Å². The van der Waals surface area contributed by atoms with Gasteiger partial charge in [-0.15, -0.1) is 0 Å². The van der Waals surface area contributed by atoms with E-state index in [1.165, 1.54) is 5.56 Å². The molecule has 0 aliphatic heterocycles. The molecule has 112 valence electrons. The van der Waals surface area contributed by atoms with Gasteiger partial charge in [0.25, 0.3) is 0 Å². The summed E-state index contributed by atoms with van der Waals surface area (Å²) in [5.41, 5.74) is 8.48. The Bertz CT molecular complexity index is 632. The molecule has 0 aliphatic rings. The minimum Gasteiger partial charge on any atom is -0.495 e. The van der Waals surface area contributed by atoms with Crippen molar-refractivity contribution in [1.82, 2.24) is 0 Å². The topological polar surface area (TPSA) is 44.5 Å². The van der Waals surface area contributed by atoms with E-state index < -0.39 is 0 Å². The van der Waals surface area contributed by atoms with Crippen LogP contribution in [0.5, 0.6) is 11.5 Å². The maximum atomic E-state index is 6.37. The highest BCUT2D eigenvalue weighted by Gasteiger charge is 2.18. The van der Waals surface area contributed by atoms with Gasteiger partial charge in [0.05, 0.1) is 14.2 Å². The predicted molar refractivity (Wildman–Crippen MR) is 92.0 cm³/mol. The Morgan fingerprint density at radius 1 is 1.05 bits per heavy atom. The summed E-state index contributed by atoms with van der Waals surface area (Å²) in [5, 5.41) is 0. The first-order chi connectivity index (χ1) is 10.1. The summed E-state index contributed by atoms with van der Waals surface area (Å²) in [4.78, 5) is 0. The Morgan fingerprint density at radius 3 is 2.38 bits per heavy atom. The van der Waals surface area contributed by atoms with Crippen molar-refractivity contribution in [3.8, 4) is 11.5 Å². The summed E-state index contributed by atoms with van der Waals surface area (Å²) >= 11 is 7.06. The number of hydrogen-bond acceptors (Lipinski definition) is 3. The van der Waals surface area contributed by atoms with Crippen LogP contribution in [-0.2, 0) is 6.42 Å². The fourth-order valence-corrected chi connectivity index (χ4v) is 3.35. The Morgan fingerprint density at radius 2 is 1.76 bits per heavy atom. The molecule has 0 radical (unpaired) electrons. The van der Waals surface area contributed by atoms with Crippen molar-refractivity contribution in [1.29, 1.82) is 0 Å². The first-order valence-electron chi connectivity index (χ1n) is 6.47. The van der Waals surface area contributed by atoms with Crippen LogP contribution in [0, 0.1) is 0 Å². The Balaban J connectivity index is 2.33. The van der Waals surface area contributed by atoms with E-state index in [0.29, 0.717) is 5.75 Å². The summed E-state index contributed by atoms with van der Waals surface area (Å²) in [6, 6.07) is 11.8. The molecule has 2 rings (SSSR count). The Hall–Kier alpha value is -1.04. The van der Waals surface area contributed by atoms with E-state index in [4.69, 9.17) is 15.2 Å². The van der Waals surface area contributed by atoms with Crippen LogP contribution in [0.15, 0.2) is 45.3 Å². The van der Waals surface area contributed by atoms with E-state index in [1.54, 1.807) is 14.2 Å². The van der Waals surface area contributed by atoms with E-state index in [9.17, 15) is 0 Å². The largest absolute Gasteiger partial charge is 0.495 e. The van der Waals surface area contributed by atoms with E-state index in [0.717, 1.165) is 26.7 Å². The van der Waals surface area contributed by atoms with Crippen LogP contribution in [0.1, 0.15) is 17.2 Å². The van der Waals surface area contributed by atoms with Gasteiger partial charge in [0.15, 0.2) is 0 Å². The van der Waals surface area contributed by atoms with Crippen LogP contribution < -0.4 is 15.2 Å². The molecule has 0 saturated carbocycles. The highest BCUT2D eigenvalue weighted by Crippen LogP contribution is 2.40. The van der Waals surface area contributed by atoms with Gasteiger partial charge in [0.1, 0.15) is 16.0 Å². The minimum absolute atomic E-state index is 0.166. The van der Waals surface area contributed by atoms with E-state index in [-0.39, 0.29) is 6.04 Å². The van der Waals surface area contributed by atoms with Crippen molar-refractivity contribution in [3.05, 3.63) is 56.5 Å². The molecule has 2 aromatic rings. The zero-order valence-electron chi connectivity index (χ0n) is 11.9. The van der Waals surface area contributed by atoms with Gasteiger partial charge >= 0.3 is 0 Å².